The number of amides is 1. The fraction of sp³-hybridized carbons (Fsp3) is 0.375. The molecule has 134 valence electrons. The molecule has 1 N–H and O–H groups in total. The number of hydrogen-bond acceptors (Lipinski definition) is 6. The monoisotopic (exact) mass is 381 g/mol. The molecule has 2 aromatic rings. The van der Waals surface area contributed by atoms with E-state index in [0.29, 0.717) is 23.0 Å². The molecule has 1 aliphatic heterocycles. The van der Waals surface area contributed by atoms with Gasteiger partial charge in [-0.3, -0.25) is 10.1 Å². The first-order valence-corrected chi connectivity index (χ1v) is 10.00. The summed E-state index contributed by atoms with van der Waals surface area (Å²) in [6, 6.07) is 6.84. The third kappa shape index (κ3) is 3.90. The molecular formula is C16H19N3O4S2. The summed E-state index contributed by atoms with van der Waals surface area (Å²) in [6.45, 7) is 2.51. The highest BCUT2D eigenvalue weighted by Crippen LogP contribution is 2.31. The van der Waals surface area contributed by atoms with Crippen molar-refractivity contribution < 1.29 is 17.9 Å². The van der Waals surface area contributed by atoms with Gasteiger partial charge in [0.2, 0.25) is 10.0 Å². The molecule has 0 saturated carbocycles. The Morgan fingerprint density at radius 2 is 2.08 bits per heavy atom. The van der Waals surface area contributed by atoms with Crippen LogP contribution in [0.3, 0.4) is 0 Å². The molecule has 1 aromatic heterocycles. The van der Waals surface area contributed by atoms with Crippen LogP contribution < -0.4 is 5.32 Å². The van der Waals surface area contributed by atoms with Crippen molar-refractivity contribution in [1.29, 1.82) is 0 Å². The zero-order valence-corrected chi connectivity index (χ0v) is 15.6. The average Bonchev–Trinajstić information content (AvgIpc) is 2.96. The van der Waals surface area contributed by atoms with Crippen LogP contribution in [0.15, 0.2) is 29.2 Å². The molecule has 0 atom stereocenters. The van der Waals surface area contributed by atoms with Gasteiger partial charge in [-0.25, -0.2) is 13.4 Å². The topological polar surface area (TPSA) is 88.6 Å². The number of fused-ring (bicyclic) bond motifs is 1. The van der Waals surface area contributed by atoms with Gasteiger partial charge < -0.3 is 4.74 Å². The Balaban J connectivity index is 1.77. The van der Waals surface area contributed by atoms with Crippen LogP contribution in [0.2, 0.25) is 0 Å². The summed E-state index contributed by atoms with van der Waals surface area (Å²) in [6.07, 6.45) is 0.525. The Morgan fingerprint density at radius 1 is 1.36 bits per heavy atom. The van der Waals surface area contributed by atoms with Crippen LogP contribution in [0.5, 0.6) is 0 Å². The predicted octanol–water partition coefficient (Wildman–Crippen LogP) is 1.78. The maximum atomic E-state index is 12.8. The quantitative estimate of drug-likeness (QED) is 0.853. The number of ether oxygens (including phenoxy) is 1. The number of benzene rings is 1. The second-order valence-corrected chi connectivity index (χ2v) is 8.79. The zero-order valence-electron chi connectivity index (χ0n) is 14.0. The van der Waals surface area contributed by atoms with E-state index in [1.807, 2.05) is 6.92 Å². The summed E-state index contributed by atoms with van der Waals surface area (Å²) in [4.78, 5) is 17.1. The largest absolute Gasteiger partial charge is 0.375 e. The Morgan fingerprint density at radius 3 is 2.76 bits per heavy atom. The van der Waals surface area contributed by atoms with Gasteiger partial charge in [0.25, 0.3) is 5.91 Å². The molecule has 2 heterocycles. The van der Waals surface area contributed by atoms with Crippen LogP contribution >= 0.6 is 11.3 Å². The van der Waals surface area contributed by atoms with Crippen molar-refractivity contribution in [1.82, 2.24) is 9.29 Å². The maximum absolute atomic E-state index is 12.8. The number of carbonyl (C=O) groups excluding carboxylic acids is 1. The lowest BCUT2D eigenvalue weighted by molar-refractivity contribution is -0.119. The standard InChI is InChI=1S/C16H19N3O4S2/c1-11-3-5-12(6-4-11)25(21,22)19-8-7-13-14(9-19)24-16(17-13)18-15(20)10-23-2/h3-6H,7-10H2,1-2H3,(H,17,18,20). The smallest absolute Gasteiger partial charge is 0.252 e. The minimum Gasteiger partial charge on any atom is -0.375 e. The van der Waals surface area contributed by atoms with Crippen LogP contribution in [-0.2, 0) is 32.5 Å². The summed E-state index contributed by atoms with van der Waals surface area (Å²) in [5.41, 5.74) is 1.85. The van der Waals surface area contributed by atoms with E-state index >= 15 is 0 Å². The van der Waals surface area contributed by atoms with Gasteiger partial charge >= 0.3 is 0 Å². The Kier molecular flexibility index (Phi) is 5.19. The highest BCUT2D eigenvalue weighted by atomic mass is 32.2. The van der Waals surface area contributed by atoms with Gasteiger partial charge in [0.15, 0.2) is 5.13 Å². The highest BCUT2D eigenvalue weighted by Gasteiger charge is 2.30. The predicted molar refractivity (Wildman–Crippen MR) is 95.1 cm³/mol. The van der Waals surface area contributed by atoms with Gasteiger partial charge in [-0.2, -0.15) is 4.31 Å². The van der Waals surface area contributed by atoms with Crippen LogP contribution in [-0.4, -0.2) is 43.9 Å². The average molecular weight is 381 g/mol. The minimum absolute atomic E-state index is 0.0435. The molecule has 3 rings (SSSR count). The van der Waals surface area contributed by atoms with Crippen molar-refractivity contribution in [2.24, 2.45) is 0 Å². The lowest BCUT2D eigenvalue weighted by atomic mass is 10.2. The van der Waals surface area contributed by atoms with E-state index in [4.69, 9.17) is 4.74 Å². The molecule has 0 fully saturated rings. The van der Waals surface area contributed by atoms with Gasteiger partial charge in [0.1, 0.15) is 6.61 Å². The molecule has 9 heteroatoms. The highest BCUT2D eigenvalue weighted by molar-refractivity contribution is 7.89. The molecule has 1 aromatic carbocycles. The molecule has 0 bridgehead atoms. The number of aryl methyl sites for hydroxylation is 1. The summed E-state index contributed by atoms with van der Waals surface area (Å²) in [5.74, 6) is -0.280. The first kappa shape index (κ1) is 18.0. The molecule has 0 unspecified atom stereocenters. The lowest BCUT2D eigenvalue weighted by Crippen LogP contribution is -2.35. The Hall–Kier alpha value is -1.81. The van der Waals surface area contributed by atoms with E-state index < -0.39 is 10.0 Å². The number of sulfonamides is 1. The molecule has 0 spiro atoms. The molecule has 0 saturated heterocycles. The number of carbonyl (C=O) groups is 1. The zero-order chi connectivity index (χ0) is 18.0. The maximum Gasteiger partial charge on any atom is 0.252 e. The first-order valence-electron chi connectivity index (χ1n) is 7.74. The van der Waals surface area contributed by atoms with E-state index in [1.54, 1.807) is 24.3 Å². The SMILES string of the molecule is COCC(=O)Nc1nc2c(s1)CN(S(=O)(=O)c1ccc(C)cc1)CC2. The lowest BCUT2D eigenvalue weighted by Gasteiger charge is -2.25. The molecule has 0 radical (unpaired) electrons. The number of anilines is 1. The number of thiazole rings is 1. The summed E-state index contributed by atoms with van der Waals surface area (Å²) >= 11 is 1.30. The third-order valence-electron chi connectivity index (χ3n) is 3.88. The van der Waals surface area contributed by atoms with Crippen molar-refractivity contribution in [2.45, 2.75) is 24.8 Å². The van der Waals surface area contributed by atoms with E-state index in [9.17, 15) is 13.2 Å². The summed E-state index contributed by atoms with van der Waals surface area (Å²) in [7, 11) is -2.09. The molecule has 7 nitrogen and oxygen atoms in total. The number of rotatable bonds is 5. The Bertz CT molecular complexity index is 875. The minimum atomic E-state index is -3.54. The Labute approximate surface area is 150 Å². The third-order valence-corrected chi connectivity index (χ3v) is 6.73. The van der Waals surface area contributed by atoms with Gasteiger partial charge in [0, 0.05) is 25.0 Å². The molecule has 1 amide bonds. The van der Waals surface area contributed by atoms with Gasteiger partial charge in [0.05, 0.1) is 17.1 Å². The van der Waals surface area contributed by atoms with Gasteiger partial charge in [-0.05, 0) is 19.1 Å². The van der Waals surface area contributed by atoms with Crippen LogP contribution in [0.4, 0.5) is 5.13 Å². The van der Waals surface area contributed by atoms with Crippen LogP contribution in [0.1, 0.15) is 16.1 Å². The number of aromatic nitrogens is 1. The fourth-order valence-electron chi connectivity index (χ4n) is 2.58. The first-order chi connectivity index (χ1) is 11.9. The number of nitrogens with zero attached hydrogens (tertiary/aromatic N) is 2. The van der Waals surface area contributed by atoms with Gasteiger partial charge in [-0.15, -0.1) is 11.3 Å². The summed E-state index contributed by atoms with van der Waals surface area (Å²) < 4.78 is 31.8. The number of hydrogen-bond donors (Lipinski definition) is 1. The van der Waals surface area contributed by atoms with Crippen LogP contribution in [0, 0.1) is 6.92 Å². The number of methoxy groups -OCH3 is 1. The molecule has 1 aliphatic rings. The van der Waals surface area contributed by atoms with Crippen molar-refractivity contribution in [3.8, 4) is 0 Å². The second-order valence-electron chi connectivity index (χ2n) is 5.77. The summed E-state index contributed by atoms with van der Waals surface area (Å²) in [5, 5.41) is 3.14. The molecular weight excluding hydrogens is 362 g/mol. The van der Waals surface area contributed by atoms with Crippen molar-refractivity contribution in [3.63, 3.8) is 0 Å². The van der Waals surface area contributed by atoms with E-state index in [1.165, 1.54) is 22.8 Å². The fourth-order valence-corrected chi connectivity index (χ4v) is 5.11. The van der Waals surface area contributed by atoms with E-state index in [0.717, 1.165) is 16.1 Å². The van der Waals surface area contributed by atoms with E-state index in [-0.39, 0.29) is 19.1 Å². The second kappa shape index (κ2) is 7.20. The van der Waals surface area contributed by atoms with Crippen molar-refractivity contribution >= 4 is 32.4 Å². The molecule has 0 aliphatic carbocycles. The number of nitrogens with one attached hydrogen (secondary N) is 1. The van der Waals surface area contributed by atoms with Gasteiger partial charge in [-0.1, -0.05) is 17.7 Å². The normalized spacial score (nSPS) is 15.0. The van der Waals surface area contributed by atoms with Crippen LogP contribution in [0.25, 0.3) is 0 Å². The molecule has 25 heavy (non-hydrogen) atoms. The van der Waals surface area contributed by atoms with E-state index in [2.05, 4.69) is 10.3 Å². The van der Waals surface area contributed by atoms with Crippen molar-refractivity contribution in [3.05, 3.63) is 40.4 Å². The van der Waals surface area contributed by atoms with Crippen molar-refractivity contribution in [2.75, 3.05) is 25.6 Å².